The summed E-state index contributed by atoms with van der Waals surface area (Å²) in [6.07, 6.45) is 4.67. The van der Waals surface area contributed by atoms with E-state index in [4.69, 9.17) is 4.74 Å². The van der Waals surface area contributed by atoms with E-state index in [0.717, 1.165) is 25.7 Å². The maximum Gasteiger partial charge on any atom is 0.317 e. The second kappa shape index (κ2) is 9.68. The molecule has 0 unspecified atom stereocenters. The maximum atomic E-state index is 13.7. The lowest BCUT2D eigenvalue weighted by atomic mass is 9.79. The summed E-state index contributed by atoms with van der Waals surface area (Å²) in [5, 5.41) is 2.88. The number of halogens is 1. The molecule has 1 fully saturated rings. The average molecular weight is 397 g/mol. The Morgan fingerprint density at radius 1 is 1.10 bits per heavy atom. The lowest BCUT2D eigenvalue weighted by Crippen LogP contribution is -2.40. The van der Waals surface area contributed by atoms with Gasteiger partial charge < -0.3 is 10.1 Å². The molecule has 1 amide bonds. The molecule has 1 aliphatic carbocycles. The van der Waals surface area contributed by atoms with Gasteiger partial charge in [0.25, 0.3) is 5.91 Å². The zero-order valence-electron chi connectivity index (χ0n) is 16.8. The van der Waals surface area contributed by atoms with Gasteiger partial charge in [0.15, 0.2) is 6.61 Å². The Bertz CT molecular complexity index is 831. The molecular formula is C24H28FNO3. The van der Waals surface area contributed by atoms with Crippen LogP contribution >= 0.6 is 0 Å². The minimum Gasteiger partial charge on any atom is -0.455 e. The molecule has 154 valence electrons. The van der Waals surface area contributed by atoms with E-state index in [1.807, 2.05) is 25.1 Å². The summed E-state index contributed by atoms with van der Waals surface area (Å²) in [5.41, 5.74) is 1.01. The minimum atomic E-state index is -0.846. The van der Waals surface area contributed by atoms with Crippen LogP contribution in [-0.4, -0.2) is 24.5 Å². The van der Waals surface area contributed by atoms with Crippen molar-refractivity contribution in [2.45, 2.75) is 56.9 Å². The van der Waals surface area contributed by atoms with Gasteiger partial charge in [0.1, 0.15) is 5.82 Å². The van der Waals surface area contributed by atoms with E-state index in [1.54, 1.807) is 12.1 Å². The number of esters is 1. The standard InChI is InChI=1S/C24H28FNO3/c1-18(12-13-19-8-3-2-4-9-19)26-22(27)17-29-23(28)24(14-5-6-15-24)20-10-7-11-21(25)16-20/h2-4,7-11,16,18H,5-6,12-15,17H2,1H3,(H,26,27)/t18-/m0/s1. The van der Waals surface area contributed by atoms with Crippen molar-refractivity contribution in [2.75, 3.05) is 6.61 Å². The number of benzene rings is 2. The first-order valence-corrected chi connectivity index (χ1v) is 10.3. The predicted octanol–water partition coefficient (Wildman–Crippen LogP) is 4.32. The molecule has 0 heterocycles. The average Bonchev–Trinajstić information content (AvgIpc) is 3.22. The number of amides is 1. The number of rotatable bonds is 8. The summed E-state index contributed by atoms with van der Waals surface area (Å²) >= 11 is 0. The summed E-state index contributed by atoms with van der Waals surface area (Å²) in [6, 6.07) is 16.2. The third kappa shape index (κ3) is 5.43. The van der Waals surface area contributed by atoms with Crippen LogP contribution in [0.15, 0.2) is 54.6 Å². The molecule has 2 aromatic carbocycles. The van der Waals surface area contributed by atoms with Crippen molar-refractivity contribution in [3.8, 4) is 0 Å². The largest absolute Gasteiger partial charge is 0.455 e. The van der Waals surface area contributed by atoms with Crippen molar-refractivity contribution < 1.29 is 18.7 Å². The molecule has 0 aromatic heterocycles. The summed E-state index contributed by atoms with van der Waals surface area (Å²) in [7, 11) is 0. The zero-order valence-corrected chi connectivity index (χ0v) is 16.8. The second-order valence-corrected chi connectivity index (χ2v) is 7.87. The minimum absolute atomic E-state index is 0.0231. The fourth-order valence-corrected chi connectivity index (χ4v) is 4.06. The van der Waals surface area contributed by atoms with Crippen LogP contribution in [0.2, 0.25) is 0 Å². The molecule has 29 heavy (non-hydrogen) atoms. The van der Waals surface area contributed by atoms with Crippen LogP contribution in [0.5, 0.6) is 0 Å². The van der Waals surface area contributed by atoms with Crippen LogP contribution in [0.25, 0.3) is 0 Å². The molecule has 0 saturated heterocycles. The molecule has 0 bridgehead atoms. The van der Waals surface area contributed by atoms with E-state index in [9.17, 15) is 14.0 Å². The van der Waals surface area contributed by atoms with Crippen molar-refractivity contribution >= 4 is 11.9 Å². The van der Waals surface area contributed by atoms with Crippen molar-refractivity contribution in [3.63, 3.8) is 0 Å². The van der Waals surface area contributed by atoms with Crippen molar-refractivity contribution in [1.82, 2.24) is 5.32 Å². The Hall–Kier alpha value is -2.69. The summed E-state index contributed by atoms with van der Waals surface area (Å²) in [5.74, 6) is -1.12. The van der Waals surface area contributed by atoms with Gasteiger partial charge in [0.2, 0.25) is 0 Å². The van der Waals surface area contributed by atoms with E-state index in [0.29, 0.717) is 18.4 Å². The Kier molecular flexibility index (Phi) is 7.02. The summed E-state index contributed by atoms with van der Waals surface area (Å²) < 4.78 is 19.1. The maximum absolute atomic E-state index is 13.7. The molecule has 1 N–H and O–H groups in total. The highest BCUT2D eigenvalue weighted by Gasteiger charge is 2.44. The van der Waals surface area contributed by atoms with E-state index >= 15 is 0 Å². The van der Waals surface area contributed by atoms with E-state index < -0.39 is 11.4 Å². The molecule has 0 radical (unpaired) electrons. The fourth-order valence-electron chi connectivity index (χ4n) is 4.06. The van der Waals surface area contributed by atoms with Crippen LogP contribution in [0, 0.1) is 5.82 Å². The highest BCUT2D eigenvalue weighted by atomic mass is 19.1. The molecule has 3 rings (SSSR count). The number of carbonyl (C=O) groups is 2. The van der Waals surface area contributed by atoms with Crippen molar-refractivity contribution in [2.24, 2.45) is 0 Å². The molecule has 0 aliphatic heterocycles. The second-order valence-electron chi connectivity index (χ2n) is 7.87. The lowest BCUT2D eigenvalue weighted by molar-refractivity contribution is -0.154. The van der Waals surface area contributed by atoms with Gasteiger partial charge in [-0.2, -0.15) is 0 Å². The zero-order chi connectivity index (χ0) is 20.7. The molecule has 0 spiro atoms. The molecule has 1 atom stereocenters. The fraction of sp³-hybridized carbons (Fsp3) is 0.417. The molecule has 1 aliphatic rings. The van der Waals surface area contributed by atoms with Crippen molar-refractivity contribution in [3.05, 3.63) is 71.5 Å². The first kappa shape index (κ1) is 21.0. The van der Waals surface area contributed by atoms with Crippen LogP contribution in [-0.2, 0) is 26.2 Å². The normalized spacial score (nSPS) is 16.2. The Morgan fingerprint density at radius 3 is 2.52 bits per heavy atom. The van der Waals surface area contributed by atoms with Gasteiger partial charge in [0.05, 0.1) is 5.41 Å². The van der Waals surface area contributed by atoms with Gasteiger partial charge in [-0.15, -0.1) is 0 Å². The van der Waals surface area contributed by atoms with Gasteiger partial charge >= 0.3 is 5.97 Å². The first-order chi connectivity index (χ1) is 14.0. The molecule has 1 saturated carbocycles. The topological polar surface area (TPSA) is 55.4 Å². The third-order valence-electron chi connectivity index (χ3n) is 5.68. The smallest absolute Gasteiger partial charge is 0.317 e. The van der Waals surface area contributed by atoms with Crippen LogP contribution < -0.4 is 5.32 Å². The molecule has 4 nitrogen and oxygen atoms in total. The lowest BCUT2D eigenvalue weighted by Gasteiger charge is -2.27. The van der Waals surface area contributed by atoms with Crippen molar-refractivity contribution in [1.29, 1.82) is 0 Å². The van der Waals surface area contributed by atoms with E-state index in [2.05, 4.69) is 17.4 Å². The number of nitrogens with one attached hydrogen (secondary N) is 1. The molecule has 2 aromatic rings. The monoisotopic (exact) mass is 397 g/mol. The number of hydrogen-bond acceptors (Lipinski definition) is 3. The summed E-state index contributed by atoms with van der Waals surface area (Å²) in [4.78, 5) is 25.1. The number of carbonyl (C=O) groups excluding carboxylic acids is 2. The SMILES string of the molecule is C[C@@H](CCc1ccccc1)NC(=O)COC(=O)C1(c2cccc(F)c2)CCCC1. The first-order valence-electron chi connectivity index (χ1n) is 10.3. The predicted molar refractivity (Wildman–Crippen MR) is 110 cm³/mol. The number of ether oxygens (including phenoxy) is 1. The van der Waals surface area contributed by atoms with Gasteiger partial charge in [-0.3, -0.25) is 9.59 Å². The van der Waals surface area contributed by atoms with Crippen LogP contribution in [0.1, 0.15) is 50.2 Å². The Labute approximate surface area is 171 Å². The molecule has 5 heteroatoms. The van der Waals surface area contributed by atoms with Gasteiger partial charge in [-0.25, -0.2) is 4.39 Å². The molecular weight excluding hydrogens is 369 g/mol. The highest BCUT2D eigenvalue weighted by Crippen LogP contribution is 2.42. The van der Waals surface area contributed by atoms with Crippen LogP contribution in [0.3, 0.4) is 0 Å². The van der Waals surface area contributed by atoms with Gasteiger partial charge in [0, 0.05) is 6.04 Å². The number of hydrogen-bond donors (Lipinski definition) is 1. The van der Waals surface area contributed by atoms with Crippen LogP contribution in [0.4, 0.5) is 4.39 Å². The van der Waals surface area contributed by atoms with Gasteiger partial charge in [-0.05, 0) is 55.9 Å². The highest BCUT2D eigenvalue weighted by molar-refractivity contribution is 5.86. The van der Waals surface area contributed by atoms with E-state index in [1.165, 1.54) is 17.7 Å². The Morgan fingerprint density at radius 2 is 1.83 bits per heavy atom. The van der Waals surface area contributed by atoms with Gasteiger partial charge in [-0.1, -0.05) is 55.3 Å². The summed E-state index contributed by atoms with van der Waals surface area (Å²) in [6.45, 7) is 1.62. The Balaban J connectivity index is 1.51. The third-order valence-corrected chi connectivity index (χ3v) is 5.68. The quantitative estimate of drug-likeness (QED) is 0.675. The number of aryl methyl sites for hydroxylation is 1. The van der Waals surface area contributed by atoms with E-state index in [-0.39, 0.29) is 24.4 Å².